The van der Waals surface area contributed by atoms with Crippen molar-refractivity contribution in [3.63, 3.8) is 0 Å². The molecule has 5 N–H and O–H groups in total. The molecule has 3 heteroatoms. The first-order valence-corrected chi connectivity index (χ1v) is 6.38. The van der Waals surface area contributed by atoms with Gasteiger partial charge in [0.1, 0.15) is 0 Å². The van der Waals surface area contributed by atoms with Gasteiger partial charge in [0.25, 0.3) is 0 Å². The van der Waals surface area contributed by atoms with Gasteiger partial charge >= 0.3 is 0 Å². The van der Waals surface area contributed by atoms with Crippen LogP contribution in [0.1, 0.15) is 52.4 Å². The molecule has 0 rings (SSSR count). The lowest BCUT2D eigenvalue weighted by molar-refractivity contribution is 0.327. The lowest BCUT2D eigenvalue weighted by Crippen LogP contribution is -2.49. The van der Waals surface area contributed by atoms with Crippen LogP contribution >= 0.6 is 0 Å². The maximum absolute atomic E-state index is 6.41. The molecule has 3 nitrogen and oxygen atoms in total. The fraction of sp³-hybridized carbons (Fsp3) is 1.00. The van der Waals surface area contributed by atoms with Gasteiger partial charge in [-0.05, 0) is 12.8 Å². The van der Waals surface area contributed by atoms with Crippen LogP contribution in [-0.2, 0) is 0 Å². The van der Waals surface area contributed by atoms with Gasteiger partial charge in [0.2, 0.25) is 0 Å². The molecule has 0 unspecified atom stereocenters. The van der Waals surface area contributed by atoms with E-state index >= 15 is 0 Å². The van der Waals surface area contributed by atoms with Crippen molar-refractivity contribution in [2.24, 2.45) is 11.5 Å². The van der Waals surface area contributed by atoms with E-state index in [2.05, 4.69) is 19.2 Å². The van der Waals surface area contributed by atoms with Crippen molar-refractivity contribution in [3.8, 4) is 0 Å². The van der Waals surface area contributed by atoms with E-state index < -0.39 is 0 Å². The molecule has 0 aliphatic heterocycles. The van der Waals surface area contributed by atoms with Crippen LogP contribution in [0, 0.1) is 0 Å². The van der Waals surface area contributed by atoms with Crippen molar-refractivity contribution >= 4 is 0 Å². The summed E-state index contributed by atoms with van der Waals surface area (Å²) in [7, 11) is 0. The van der Waals surface area contributed by atoms with Gasteiger partial charge in [-0.25, -0.2) is 0 Å². The molecule has 0 amide bonds. The Bertz CT molecular complexity index is 129. The van der Waals surface area contributed by atoms with E-state index in [-0.39, 0.29) is 5.54 Å². The molecular formula is C12H29N3. The molecule has 0 saturated carbocycles. The quantitative estimate of drug-likeness (QED) is 0.485. The largest absolute Gasteiger partial charge is 0.329 e. The number of hydrogen-bond acceptors (Lipinski definition) is 3. The van der Waals surface area contributed by atoms with Crippen LogP contribution in [0.3, 0.4) is 0 Å². The number of hydrogen-bond donors (Lipinski definition) is 3. The minimum Gasteiger partial charge on any atom is -0.329 e. The van der Waals surface area contributed by atoms with E-state index in [4.69, 9.17) is 11.5 Å². The van der Waals surface area contributed by atoms with Crippen molar-refractivity contribution in [3.05, 3.63) is 0 Å². The summed E-state index contributed by atoms with van der Waals surface area (Å²) in [5.41, 5.74) is 11.8. The first-order chi connectivity index (χ1) is 7.18. The average molecular weight is 215 g/mol. The summed E-state index contributed by atoms with van der Waals surface area (Å²) in [5.74, 6) is 0. The van der Waals surface area contributed by atoms with Crippen LogP contribution in [0.25, 0.3) is 0 Å². The Hall–Kier alpha value is -0.120. The molecule has 0 aromatic heterocycles. The predicted molar refractivity (Wildman–Crippen MR) is 67.9 cm³/mol. The van der Waals surface area contributed by atoms with Crippen LogP contribution in [0.2, 0.25) is 0 Å². The minimum absolute atomic E-state index is 0.0127. The van der Waals surface area contributed by atoms with E-state index in [9.17, 15) is 0 Å². The second-order valence-corrected chi connectivity index (χ2v) is 4.53. The summed E-state index contributed by atoms with van der Waals surface area (Å²) < 4.78 is 0. The van der Waals surface area contributed by atoms with Crippen molar-refractivity contribution in [1.82, 2.24) is 5.32 Å². The third kappa shape index (κ3) is 7.77. The lowest BCUT2D eigenvalue weighted by Gasteiger charge is -2.30. The molecule has 0 heterocycles. The van der Waals surface area contributed by atoms with Crippen LogP contribution in [-0.4, -0.2) is 25.2 Å². The fourth-order valence-corrected chi connectivity index (χ4v) is 1.80. The number of rotatable bonds is 10. The Morgan fingerprint density at radius 1 is 1.07 bits per heavy atom. The topological polar surface area (TPSA) is 64.1 Å². The van der Waals surface area contributed by atoms with E-state index in [1.54, 1.807) is 0 Å². The van der Waals surface area contributed by atoms with Crippen molar-refractivity contribution in [2.45, 2.75) is 57.9 Å². The average Bonchev–Trinajstić information content (AvgIpc) is 2.24. The third-order valence-corrected chi connectivity index (χ3v) is 2.85. The molecule has 0 radical (unpaired) electrons. The van der Waals surface area contributed by atoms with Crippen LogP contribution in [0.5, 0.6) is 0 Å². The maximum atomic E-state index is 6.41. The number of nitrogens with two attached hydrogens (primary N) is 2. The Morgan fingerprint density at radius 3 is 2.00 bits per heavy atom. The first kappa shape index (κ1) is 14.9. The van der Waals surface area contributed by atoms with Gasteiger partial charge in [0.15, 0.2) is 0 Å². The summed E-state index contributed by atoms with van der Waals surface area (Å²) in [6.45, 7) is 6.90. The van der Waals surface area contributed by atoms with Crippen molar-refractivity contribution < 1.29 is 0 Å². The zero-order valence-electron chi connectivity index (χ0n) is 10.5. The normalized spacial score (nSPS) is 12.0. The highest BCUT2D eigenvalue weighted by Crippen LogP contribution is 2.17. The maximum Gasteiger partial charge on any atom is 0.0280 e. The predicted octanol–water partition coefficient (Wildman–Crippen LogP) is 1.61. The molecule has 0 bridgehead atoms. The summed E-state index contributed by atoms with van der Waals surface area (Å²) >= 11 is 0. The second-order valence-electron chi connectivity index (χ2n) is 4.53. The molecule has 0 spiro atoms. The first-order valence-electron chi connectivity index (χ1n) is 6.38. The zero-order chi connectivity index (χ0) is 11.6. The molecule has 0 fully saturated rings. The summed E-state index contributed by atoms with van der Waals surface area (Å²) in [5, 5.41) is 3.34. The highest BCUT2D eigenvalue weighted by atomic mass is 14.9. The molecule has 0 aliphatic rings. The van der Waals surface area contributed by atoms with Gasteiger partial charge in [0.05, 0.1) is 0 Å². The molecule has 15 heavy (non-hydrogen) atoms. The lowest BCUT2D eigenvalue weighted by atomic mass is 9.88. The molecular weight excluding hydrogens is 186 g/mol. The zero-order valence-corrected chi connectivity index (χ0v) is 10.5. The molecule has 0 aromatic carbocycles. The van der Waals surface area contributed by atoms with Gasteiger partial charge in [-0.2, -0.15) is 0 Å². The van der Waals surface area contributed by atoms with Gasteiger partial charge in [0, 0.05) is 25.2 Å². The van der Waals surface area contributed by atoms with E-state index in [0.29, 0.717) is 6.54 Å². The summed E-state index contributed by atoms with van der Waals surface area (Å²) in [6, 6.07) is 0. The summed E-state index contributed by atoms with van der Waals surface area (Å²) in [4.78, 5) is 0. The van der Waals surface area contributed by atoms with Crippen LogP contribution < -0.4 is 16.8 Å². The summed E-state index contributed by atoms with van der Waals surface area (Å²) in [6.07, 6.45) is 7.15. The highest BCUT2D eigenvalue weighted by molar-refractivity contribution is 4.86. The van der Waals surface area contributed by atoms with E-state index in [0.717, 1.165) is 25.9 Å². The van der Waals surface area contributed by atoms with E-state index in [1.165, 1.54) is 25.7 Å². The monoisotopic (exact) mass is 215 g/mol. The molecule has 0 aromatic rings. The molecule has 0 aliphatic carbocycles. The Labute approximate surface area is 95.0 Å². The van der Waals surface area contributed by atoms with Gasteiger partial charge in [-0.3, -0.25) is 0 Å². The Kier molecular flexibility index (Phi) is 9.06. The van der Waals surface area contributed by atoms with Gasteiger partial charge < -0.3 is 16.8 Å². The van der Waals surface area contributed by atoms with Crippen molar-refractivity contribution in [2.75, 3.05) is 19.6 Å². The van der Waals surface area contributed by atoms with E-state index in [1.807, 2.05) is 0 Å². The minimum atomic E-state index is -0.0127. The second kappa shape index (κ2) is 9.13. The molecule has 0 atom stereocenters. The molecule has 92 valence electrons. The fourth-order valence-electron chi connectivity index (χ4n) is 1.80. The number of nitrogens with one attached hydrogen (secondary N) is 1. The Balaban J connectivity index is 3.89. The smallest absolute Gasteiger partial charge is 0.0280 e. The number of unbranched alkanes of at least 4 members (excludes halogenated alkanes) is 2. The standard InChI is InChI=1S/C12H29N3/c1-3-5-7-12(14,8-6-4-2)11-15-10-9-13/h15H,3-11,13-14H2,1-2H3. The Morgan fingerprint density at radius 2 is 1.60 bits per heavy atom. The van der Waals surface area contributed by atoms with Crippen LogP contribution in [0.4, 0.5) is 0 Å². The van der Waals surface area contributed by atoms with Gasteiger partial charge in [-0.15, -0.1) is 0 Å². The van der Waals surface area contributed by atoms with Crippen LogP contribution in [0.15, 0.2) is 0 Å². The SMILES string of the molecule is CCCCC(N)(CCCC)CNCCN. The molecule has 0 saturated heterocycles. The highest BCUT2D eigenvalue weighted by Gasteiger charge is 2.22. The third-order valence-electron chi connectivity index (χ3n) is 2.85. The van der Waals surface area contributed by atoms with Gasteiger partial charge in [-0.1, -0.05) is 39.5 Å². The van der Waals surface area contributed by atoms with Crippen molar-refractivity contribution in [1.29, 1.82) is 0 Å².